The van der Waals surface area contributed by atoms with E-state index in [9.17, 15) is 8.78 Å². The van der Waals surface area contributed by atoms with Gasteiger partial charge in [-0.25, -0.2) is 8.78 Å². The molecule has 1 aromatic heterocycles. The minimum Gasteiger partial charge on any atom is -0.344 e. The summed E-state index contributed by atoms with van der Waals surface area (Å²) in [6.07, 6.45) is 0.724. The Labute approximate surface area is 140 Å². The molecule has 0 radical (unpaired) electrons. The molecule has 1 fully saturated rings. The van der Waals surface area contributed by atoms with E-state index in [0.29, 0.717) is 4.73 Å². The highest BCUT2D eigenvalue weighted by molar-refractivity contribution is 9.10. The second-order valence-electron chi connectivity index (χ2n) is 5.17. The molecule has 1 aliphatic rings. The molecule has 1 aliphatic heterocycles. The van der Waals surface area contributed by atoms with E-state index in [0.717, 1.165) is 49.8 Å². The van der Waals surface area contributed by atoms with Gasteiger partial charge < -0.3 is 4.90 Å². The van der Waals surface area contributed by atoms with Crippen molar-refractivity contribution in [1.82, 2.24) is 14.3 Å². The van der Waals surface area contributed by atoms with E-state index >= 15 is 0 Å². The van der Waals surface area contributed by atoms with E-state index in [1.165, 1.54) is 23.7 Å². The summed E-state index contributed by atoms with van der Waals surface area (Å²) in [6, 6.07) is 4.12. The van der Waals surface area contributed by atoms with Crippen molar-refractivity contribution in [1.29, 1.82) is 0 Å². The lowest BCUT2D eigenvalue weighted by Crippen LogP contribution is -2.47. The molecule has 118 valence electrons. The van der Waals surface area contributed by atoms with Gasteiger partial charge in [0, 0.05) is 44.3 Å². The second-order valence-corrected chi connectivity index (χ2v) is 6.61. The van der Waals surface area contributed by atoms with Crippen LogP contribution in [0.4, 0.5) is 13.9 Å². The van der Waals surface area contributed by atoms with Crippen LogP contribution in [0.1, 0.15) is 5.56 Å². The fourth-order valence-corrected chi connectivity index (χ4v) is 3.60. The van der Waals surface area contributed by atoms with Crippen molar-refractivity contribution in [2.24, 2.45) is 0 Å². The molecule has 2 aromatic rings. The first-order valence-electron chi connectivity index (χ1n) is 7.02. The molecule has 0 atom stereocenters. The highest BCUT2D eigenvalue weighted by Crippen LogP contribution is 2.21. The van der Waals surface area contributed by atoms with Gasteiger partial charge in [0.25, 0.3) is 0 Å². The summed E-state index contributed by atoms with van der Waals surface area (Å²) >= 11 is 4.66. The van der Waals surface area contributed by atoms with E-state index in [2.05, 4.69) is 35.1 Å². The van der Waals surface area contributed by atoms with Crippen molar-refractivity contribution in [3.05, 3.63) is 40.1 Å². The monoisotopic (exact) mass is 388 g/mol. The molecule has 4 nitrogen and oxygen atoms in total. The van der Waals surface area contributed by atoms with Crippen LogP contribution in [-0.4, -0.2) is 47.0 Å². The van der Waals surface area contributed by atoms with Crippen LogP contribution in [0.2, 0.25) is 0 Å². The predicted octanol–water partition coefficient (Wildman–Crippen LogP) is 2.94. The molecule has 0 N–H and O–H groups in total. The van der Waals surface area contributed by atoms with E-state index in [1.807, 2.05) is 0 Å². The number of piperazine rings is 1. The molecule has 0 amide bonds. The second kappa shape index (κ2) is 6.97. The Balaban J connectivity index is 1.48. The molecular weight excluding hydrogens is 374 g/mol. The Morgan fingerprint density at radius 1 is 1.14 bits per heavy atom. The average molecular weight is 389 g/mol. The third kappa shape index (κ3) is 3.80. The first-order valence-corrected chi connectivity index (χ1v) is 8.59. The van der Waals surface area contributed by atoms with Gasteiger partial charge in [-0.15, -0.1) is 0 Å². The van der Waals surface area contributed by atoms with E-state index < -0.39 is 11.6 Å². The summed E-state index contributed by atoms with van der Waals surface area (Å²) in [6.45, 7) is 4.51. The number of halogens is 3. The highest BCUT2D eigenvalue weighted by atomic mass is 79.9. The number of nitrogens with zero attached hydrogens (tertiary/aromatic N) is 4. The van der Waals surface area contributed by atoms with Gasteiger partial charge in [-0.05, 0) is 40.0 Å². The van der Waals surface area contributed by atoms with Crippen LogP contribution in [0.25, 0.3) is 0 Å². The number of anilines is 1. The number of rotatable bonds is 4. The van der Waals surface area contributed by atoms with Gasteiger partial charge in [0.15, 0.2) is 11.6 Å². The molecule has 22 heavy (non-hydrogen) atoms. The van der Waals surface area contributed by atoms with Crippen LogP contribution in [0, 0.1) is 11.6 Å². The van der Waals surface area contributed by atoms with Crippen LogP contribution in [0.5, 0.6) is 0 Å². The van der Waals surface area contributed by atoms with Gasteiger partial charge in [0.2, 0.25) is 9.87 Å². The number of hydrogen-bond donors (Lipinski definition) is 0. The summed E-state index contributed by atoms with van der Waals surface area (Å²) in [7, 11) is 0. The van der Waals surface area contributed by atoms with Crippen molar-refractivity contribution in [2.75, 3.05) is 37.6 Å². The summed E-state index contributed by atoms with van der Waals surface area (Å²) in [5.74, 6) is -1.57. The van der Waals surface area contributed by atoms with Gasteiger partial charge in [-0.3, -0.25) is 4.90 Å². The van der Waals surface area contributed by atoms with Crippen molar-refractivity contribution in [3.8, 4) is 0 Å². The number of benzene rings is 1. The Morgan fingerprint density at radius 3 is 2.55 bits per heavy atom. The molecule has 1 saturated heterocycles. The van der Waals surface area contributed by atoms with Gasteiger partial charge in [0.05, 0.1) is 0 Å². The summed E-state index contributed by atoms with van der Waals surface area (Å²) < 4.78 is 30.8. The molecule has 2 heterocycles. The quantitative estimate of drug-likeness (QED) is 0.805. The maximum atomic E-state index is 13.2. The largest absolute Gasteiger partial charge is 0.344 e. The van der Waals surface area contributed by atoms with Crippen LogP contribution >= 0.6 is 27.5 Å². The summed E-state index contributed by atoms with van der Waals surface area (Å²) in [5.41, 5.74) is 0.828. The van der Waals surface area contributed by atoms with Gasteiger partial charge in [0.1, 0.15) is 0 Å². The Hall–Kier alpha value is -1.12. The fourth-order valence-electron chi connectivity index (χ4n) is 2.47. The minimum atomic E-state index is -0.791. The van der Waals surface area contributed by atoms with Gasteiger partial charge >= 0.3 is 0 Å². The molecular formula is C14H15BrF2N4S. The Morgan fingerprint density at radius 2 is 1.91 bits per heavy atom. The van der Waals surface area contributed by atoms with Gasteiger partial charge in [-0.1, -0.05) is 6.07 Å². The molecule has 0 aliphatic carbocycles. The zero-order chi connectivity index (χ0) is 15.5. The first kappa shape index (κ1) is 15.8. The average Bonchev–Trinajstić information content (AvgIpc) is 2.95. The summed E-state index contributed by atoms with van der Waals surface area (Å²) in [5, 5.41) is 0.937. The van der Waals surface area contributed by atoms with Crippen LogP contribution in [0.3, 0.4) is 0 Å². The minimum absolute atomic E-state index is 0.633. The highest BCUT2D eigenvalue weighted by Gasteiger charge is 2.19. The van der Waals surface area contributed by atoms with E-state index in [1.54, 1.807) is 6.07 Å². The van der Waals surface area contributed by atoms with E-state index in [4.69, 9.17) is 0 Å². The van der Waals surface area contributed by atoms with Crippen molar-refractivity contribution < 1.29 is 8.78 Å². The molecule has 0 bridgehead atoms. The van der Waals surface area contributed by atoms with E-state index in [-0.39, 0.29) is 0 Å². The molecule has 3 rings (SSSR count). The van der Waals surface area contributed by atoms with Crippen molar-refractivity contribution in [2.45, 2.75) is 6.42 Å². The third-order valence-corrected chi connectivity index (χ3v) is 5.10. The lowest BCUT2D eigenvalue weighted by molar-refractivity contribution is 0.261. The predicted molar refractivity (Wildman–Crippen MR) is 86.3 cm³/mol. The van der Waals surface area contributed by atoms with Crippen molar-refractivity contribution >= 4 is 32.6 Å². The number of aromatic nitrogens is 2. The van der Waals surface area contributed by atoms with Crippen LogP contribution in [-0.2, 0) is 6.42 Å². The Kier molecular flexibility index (Phi) is 5.00. The molecule has 0 unspecified atom stereocenters. The van der Waals surface area contributed by atoms with Crippen LogP contribution in [0.15, 0.2) is 22.9 Å². The Bertz CT molecular complexity index is 644. The number of hydrogen-bond acceptors (Lipinski definition) is 5. The molecule has 8 heteroatoms. The topological polar surface area (TPSA) is 32.3 Å². The third-order valence-electron chi connectivity index (χ3n) is 3.73. The lowest BCUT2D eigenvalue weighted by Gasteiger charge is -2.34. The lowest BCUT2D eigenvalue weighted by atomic mass is 10.1. The zero-order valence-corrected chi connectivity index (χ0v) is 14.2. The van der Waals surface area contributed by atoms with Crippen molar-refractivity contribution in [3.63, 3.8) is 0 Å². The normalized spacial score (nSPS) is 16.2. The smallest absolute Gasteiger partial charge is 0.210 e. The maximum absolute atomic E-state index is 13.2. The zero-order valence-electron chi connectivity index (χ0n) is 11.8. The standard InChI is InChI=1S/C14H15BrF2N4S/c15-13-18-14(22-19-13)21-7-5-20(6-8-21)4-3-10-1-2-11(16)12(17)9-10/h1-2,9H,3-8H2. The first-order chi connectivity index (χ1) is 10.6. The van der Waals surface area contributed by atoms with Crippen LogP contribution < -0.4 is 4.90 Å². The van der Waals surface area contributed by atoms with Gasteiger partial charge in [-0.2, -0.15) is 9.36 Å². The molecule has 0 saturated carbocycles. The SMILES string of the molecule is Fc1ccc(CCN2CCN(c3nc(Br)ns3)CC2)cc1F. The maximum Gasteiger partial charge on any atom is 0.210 e. The molecule has 0 spiro atoms. The fraction of sp³-hybridized carbons (Fsp3) is 0.429. The summed E-state index contributed by atoms with van der Waals surface area (Å²) in [4.78, 5) is 8.87. The molecule has 1 aromatic carbocycles.